The van der Waals surface area contributed by atoms with Crippen molar-refractivity contribution >= 4 is 17.5 Å². The first-order chi connectivity index (χ1) is 10.9. The summed E-state index contributed by atoms with van der Waals surface area (Å²) in [6, 6.07) is 8.39. The van der Waals surface area contributed by atoms with Crippen LogP contribution in [0.5, 0.6) is 0 Å². The highest BCUT2D eigenvalue weighted by molar-refractivity contribution is 6.00. The van der Waals surface area contributed by atoms with E-state index in [0.29, 0.717) is 0 Å². The SMILES string of the molecule is Cc1cc(C)cc(NC(=O)[C@H](NC(=O)c2ccco2)C(C)C)c1. The zero-order valence-corrected chi connectivity index (χ0v) is 13.8. The first-order valence-electron chi connectivity index (χ1n) is 7.60. The molecule has 2 N–H and O–H groups in total. The summed E-state index contributed by atoms with van der Waals surface area (Å²) < 4.78 is 5.06. The average molecular weight is 314 g/mol. The van der Waals surface area contributed by atoms with Gasteiger partial charge in [-0.15, -0.1) is 0 Å². The summed E-state index contributed by atoms with van der Waals surface area (Å²) in [6.07, 6.45) is 1.43. The molecule has 0 unspecified atom stereocenters. The van der Waals surface area contributed by atoms with Gasteiger partial charge in [-0.05, 0) is 55.2 Å². The van der Waals surface area contributed by atoms with Crippen LogP contribution in [-0.4, -0.2) is 17.9 Å². The van der Waals surface area contributed by atoms with Crippen LogP contribution in [0.15, 0.2) is 41.0 Å². The minimum atomic E-state index is -0.645. The second-order valence-corrected chi connectivity index (χ2v) is 6.04. The van der Waals surface area contributed by atoms with E-state index in [1.807, 2.05) is 45.9 Å². The molecule has 0 saturated carbocycles. The number of anilines is 1. The fraction of sp³-hybridized carbons (Fsp3) is 0.333. The molecule has 122 valence electrons. The van der Waals surface area contributed by atoms with Crippen LogP contribution < -0.4 is 10.6 Å². The third-order valence-electron chi connectivity index (χ3n) is 3.47. The molecule has 23 heavy (non-hydrogen) atoms. The van der Waals surface area contributed by atoms with Gasteiger partial charge in [-0.25, -0.2) is 0 Å². The lowest BCUT2D eigenvalue weighted by atomic mass is 10.0. The van der Waals surface area contributed by atoms with E-state index in [2.05, 4.69) is 10.6 Å². The number of amides is 2. The Hall–Kier alpha value is -2.56. The summed E-state index contributed by atoms with van der Waals surface area (Å²) in [4.78, 5) is 24.6. The molecule has 0 aliphatic rings. The molecule has 1 atom stereocenters. The van der Waals surface area contributed by atoms with Gasteiger partial charge in [-0.2, -0.15) is 0 Å². The van der Waals surface area contributed by atoms with Crippen molar-refractivity contribution in [2.75, 3.05) is 5.32 Å². The number of carbonyl (C=O) groups is 2. The summed E-state index contributed by atoms with van der Waals surface area (Å²) in [5, 5.41) is 5.59. The average Bonchev–Trinajstić information content (AvgIpc) is 2.96. The van der Waals surface area contributed by atoms with Gasteiger partial charge in [-0.1, -0.05) is 19.9 Å². The van der Waals surface area contributed by atoms with E-state index in [1.54, 1.807) is 12.1 Å². The topological polar surface area (TPSA) is 71.3 Å². The van der Waals surface area contributed by atoms with E-state index in [1.165, 1.54) is 6.26 Å². The van der Waals surface area contributed by atoms with E-state index in [-0.39, 0.29) is 17.6 Å². The first-order valence-corrected chi connectivity index (χ1v) is 7.60. The summed E-state index contributed by atoms with van der Waals surface area (Å²) >= 11 is 0. The first kappa shape index (κ1) is 16.8. The molecule has 1 heterocycles. The number of hydrogen-bond acceptors (Lipinski definition) is 3. The molecular formula is C18H22N2O3. The highest BCUT2D eigenvalue weighted by Crippen LogP contribution is 2.15. The molecule has 0 aliphatic carbocycles. The zero-order valence-electron chi connectivity index (χ0n) is 13.8. The van der Waals surface area contributed by atoms with Crippen molar-refractivity contribution in [2.24, 2.45) is 5.92 Å². The third kappa shape index (κ3) is 4.45. The van der Waals surface area contributed by atoms with Gasteiger partial charge in [0.2, 0.25) is 5.91 Å². The van der Waals surface area contributed by atoms with Crippen LogP contribution in [-0.2, 0) is 4.79 Å². The number of hydrogen-bond donors (Lipinski definition) is 2. The molecule has 0 spiro atoms. The Kier molecular flexibility index (Phi) is 5.21. The van der Waals surface area contributed by atoms with Crippen LogP contribution >= 0.6 is 0 Å². The van der Waals surface area contributed by atoms with Crippen molar-refractivity contribution in [2.45, 2.75) is 33.7 Å². The van der Waals surface area contributed by atoms with Gasteiger partial charge in [0, 0.05) is 5.69 Å². The van der Waals surface area contributed by atoms with Crippen LogP contribution in [0.2, 0.25) is 0 Å². The maximum absolute atomic E-state index is 12.5. The Bertz CT molecular complexity index is 670. The van der Waals surface area contributed by atoms with Crippen LogP contribution in [0.3, 0.4) is 0 Å². The van der Waals surface area contributed by atoms with Gasteiger partial charge < -0.3 is 15.1 Å². The minimum Gasteiger partial charge on any atom is -0.459 e. The Balaban J connectivity index is 2.10. The molecule has 0 aliphatic heterocycles. The summed E-state index contributed by atoms with van der Waals surface area (Å²) in [5.74, 6) is -0.510. The number of rotatable bonds is 5. The van der Waals surface area contributed by atoms with Gasteiger partial charge in [0.25, 0.3) is 5.91 Å². The largest absolute Gasteiger partial charge is 0.459 e. The van der Waals surface area contributed by atoms with Crippen LogP contribution in [0.25, 0.3) is 0 Å². The van der Waals surface area contributed by atoms with E-state index >= 15 is 0 Å². The Morgan fingerprint density at radius 3 is 2.26 bits per heavy atom. The Labute approximate surface area is 136 Å². The quantitative estimate of drug-likeness (QED) is 0.889. The number of carbonyl (C=O) groups excluding carboxylic acids is 2. The summed E-state index contributed by atoms with van der Waals surface area (Å²) in [5.41, 5.74) is 2.87. The van der Waals surface area contributed by atoms with Crippen LogP contribution in [0.4, 0.5) is 5.69 Å². The normalized spacial score (nSPS) is 12.0. The zero-order chi connectivity index (χ0) is 17.0. The number of nitrogens with one attached hydrogen (secondary N) is 2. The number of furan rings is 1. The maximum atomic E-state index is 12.5. The second kappa shape index (κ2) is 7.13. The van der Waals surface area contributed by atoms with Gasteiger partial charge >= 0.3 is 0 Å². The molecule has 1 aromatic carbocycles. The monoisotopic (exact) mass is 314 g/mol. The van der Waals surface area contributed by atoms with E-state index in [0.717, 1.165) is 16.8 Å². The van der Waals surface area contributed by atoms with Gasteiger partial charge in [0.15, 0.2) is 5.76 Å². The molecular weight excluding hydrogens is 292 g/mol. The van der Waals surface area contributed by atoms with E-state index in [9.17, 15) is 9.59 Å². The van der Waals surface area contributed by atoms with Crippen molar-refractivity contribution in [1.82, 2.24) is 5.32 Å². The van der Waals surface area contributed by atoms with Crippen molar-refractivity contribution < 1.29 is 14.0 Å². The summed E-state index contributed by atoms with van der Waals surface area (Å²) in [7, 11) is 0. The molecule has 0 radical (unpaired) electrons. The van der Waals surface area contributed by atoms with Crippen molar-refractivity contribution in [3.8, 4) is 0 Å². The van der Waals surface area contributed by atoms with E-state index in [4.69, 9.17) is 4.42 Å². The minimum absolute atomic E-state index is 0.0557. The molecule has 2 aromatic rings. The van der Waals surface area contributed by atoms with Gasteiger partial charge in [0.1, 0.15) is 6.04 Å². The predicted octanol–water partition coefficient (Wildman–Crippen LogP) is 3.29. The number of aryl methyl sites for hydroxylation is 2. The third-order valence-corrected chi connectivity index (χ3v) is 3.47. The lowest BCUT2D eigenvalue weighted by molar-refractivity contribution is -0.118. The lowest BCUT2D eigenvalue weighted by Crippen LogP contribution is -2.47. The highest BCUT2D eigenvalue weighted by Gasteiger charge is 2.25. The Morgan fingerprint density at radius 1 is 1.09 bits per heavy atom. The number of benzene rings is 1. The van der Waals surface area contributed by atoms with Crippen molar-refractivity contribution in [3.63, 3.8) is 0 Å². The lowest BCUT2D eigenvalue weighted by Gasteiger charge is -2.21. The van der Waals surface area contributed by atoms with E-state index < -0.39 is 11.9 Å². The molecule has 0 saturated heterocycles. The molecule has 2 amide bonds. The Morgan fingerprint density at radius 2 is 1.74 bits per heavy atom. The molecule has 1 aromatic heterocycles. The summed E-state index contributed by atoms with van der Waals surface area (Å²) in [6.45, 7) is 7.71. The second-order valence-electron chi connectivity index (χ2n) is 6.04. The smallest absolute Gasteiger partial charge is 0.287 e. The highest BCUT2D eigenvalue weighted by atomic mass is 16.3. The maximum Gasteiger partial charge on any atom is 0.287 e. The fourth-order valence-electron chi connectivity index (χ4n) is 2.42. The van der Waals surface area contributed by atoms with Gasteiger partial charge in [-0.3, -0.25) is 9.59 Å². The van der Waals surface area contributed by atoms with Crippen LogP contribution in [0, 0.1) is 19.8 Å². The van der Waals surface area contributed by atoms with Crippen molar-refractivity contribution in [1.29, 1.82) is 0 Å². The molecule has 5 nitrogen and oxygen atoms in total. The molecule has 0 fully saturated rings. The van der Waals surface area contributed by atoms with Gasteiger partial charge in [0.05, 0.1) is 6.26 Å². The fourth-order valence-corrected chi connectivity index (χ4v) is 2.42. The predicted molar refractivity (Wildman–Crippen MR) is 89.3 cm³/mol. The molecule has 0 bridgehead atoms. The standard InChI is InChI=1S/C18H22N2O3/c1-11(2)16(20-17(21)15-6-5-7-23-15)18(22)19-14-9-12(3)8-13(4)10-14/h5-11,16H,1-4H3,(H,19,22)(H,20,21)/t16-/m1/s1. The molecule has 5 heteroatoms. The molecule has 2 rings (SSSR count). The van der Waals surface area contributed by atoms with Crippen molar-refractivity contribution in [3.05, 3.63) is 53.5 Å². The van der Waals surface area contributed by atoms with Crippen LogP contribution in [0.1, 0.15) is 35.5 Å².